The number of benzene rings is 3. The number of carbonyl (C=O) groups is 4. The van der Waals surface area contributed by atoms with Gasteiger partial charge in [-0.3, -0.25) is 14.4 Å². The molecular weight excluding hydrogens is 639 g/mol. The first kappa shape index (κ1) is 34.6. The average molecular weight is 677 g/mol. The number of nitrogens with zero attached hydrogens (tertiary/aromatic N) is 1. The van der Waals surface area contributed by atoms with E-state index in [1.807, 2.05) is 12.3 Å². The molecule has 0 atom stereocenters. The molecule has 12 heteroatoms. The summed E-state index contributed by atoms with van der Waals surface area (Å²) in [5.41, 5.74) is 4.03. The van der Waals surface area contributed by atoms with Crippen molar-refractivity contribution in [2.45, 2.75) is 38.0 Å². The fraction of sp³-hybridized carbons (Fsp3) is 0.333. The van der Waals surface area contributed by atoms with Crippen molar-refractivity contribution in [1.29, 1.82) is 0 Å². The number of furan rings is 1. The maximum absolute atomic E-state index is 13.6. The number of nitrogens with one attached hydrogen (secondary N) is 1. The number of unbranched alkanes of at least 4 members (excludes halogenated alkanes) is 1. The highest BCUT2D eigenvalue weighted by atomic mass is 32.2. The molecular formula is C36H37FN2O8S. The highest BCUT2D eigenvalue weighted by Crippen LogP contribution is 2.48. The molecule has 0 unspecified atom stereocenters. The topological polar surface area (TPSA) is 135 Å². The van der Waals surface area contributed by atoms with Crippen LogP contribution in [0.2, 0.25) is 0 Å². The van der Waals surface area contributed by atoms with E-state index in [4.69, 9.17) is 19.0 Å². The first-order valence-electron chi connectivity index (χ1n) is 15.7. The fourth-order valence-corrected chi connectivity index (χ4v) is 5.99. The van der Waals surface area contributed by atoms with Crippen LogP contribution in [0, 0.1) is 5.82 Å². The Bertz CT molecular complexity index is 1800. The normalized spacial score (nSPS) is 12.6. The quantitative estimate of drug-likeness (QED) is 0.0387. The van der Waals surface area contributed by atoms with E-state index in [0.29, 0.717) is 66.9 Å². The monoisotopic (exact) mass is 676 g/mol. The summed E-state index contributed by atoms with van der Waals surface area (Å²) in [4.78, 5) is 47.3. The van der Waals surface area contributed by atoms with Gasteiger partial charge in [0.2, 0.25) is 5.78 Å². The van der Waals surface area contributed by atoms with Gasteiger partial charge in [-0.05, 0) is 79.6 Å². The van der Waals surface area contributed by atoms with Crippen molar-refractivity contribution in [3.8, 4) is 17.1 Å². The van der Waals surface area contributed by atoms with Crippen LogP contribution in [0.1, 0.15) is 64.3 Å². The summed E-state index contributed by atoms with van der Waals surface area (Å²) < 4.78 is 33.8. The number of rotatable bonds is 18. The first-order valence-corrected chi connectivity index (χ1v) is 16.9. The van der Waals surface area contributed by atoms with Crippen molar-refractivity contribution in [2.75, 3.05) is 44.0 Å². The van der Waals surface area contributed by atoms with Crippen LogP contribution < -0.4 is 14.4 Å². The summed E-state index contributed by atoms with van der Waals surface area (Å²) in [6, 6.07) is 16.3. The molecule has 1 heterocycles. The number of carbonyl (C=O) groups excluding carboxylic acids is 3. The van der Waals surface area contributed by atoms with Crippen LogP contribution in [0.4, 0.5) is 10.1 Å². The third-order valence-corrected chi connectivity index (χ3v) is 8.83. The van der Waals surface area contributed by atoms with Crippen molar-refractivity contribution in [2.24, 2.45) is 0 Å². The second kappa shape index (κ2) is 15.9. The van der Waals surface area contributed by atoms with Crippen LogP contribution in [-0.4, -0.2) is 68.2 Å². The van der Waals surface area contributed by atoms with Gasteiger partial charge in [0.1, 0.15) is 22.9 Å². The molecule has 1 aliphatic carbocycles. The molecule has 252 valence electrons. The summed E-state index contributed by atoms with van der Waals surface area (Å²) in [5.74, 6) is -2.72. The lowest BCUT2D eigenvalue weighted by Gasteiger charge is -2.24. The third kappa shape index (κ3) is 8.42. The number of fused-ring (bicyclic) bond motifs is 1. The van der Waals surface area contributed by atoms with E-state index in [0.717, 1.165) is 35.9 Å². The Balaban J connectivity index is 1.16. The summed E-state index contributed by atoms with van der Waals surface area (Å²) in [5, 5.41) is 12.2. The van der Waals surface area contributed by atoms with Gasteiger partial charge in [-0.1, -0.05) is 24.1 Å². The molecule has 0 saturated heterocycles. The highest BCUT2D eigenvalue weighted by Gasteiger charge is 2.31. The first-order chi connectivity index (χ1) is 23.2. The van der Waals surface area contributed by atoms with Gasteiger partial charge in [-0.2, -0.15) is 0 Å². The molecule has 10 nitrogen and oxygen atoms in total. The molecule has 0 bridgehead atoms. The summed E-state index contributed by atoms with van der Waals surface area (Å²) >= 11 is 1.59. The van der Waals surface area contributed by atoms with Crippen molar-refractivity contribution in [3.05, 3.63) is 83.2 Å². The predicted octanol–water partition coefficient (Wildman–Crippen LogP) is 6.66. The van der Waals surface area contributed by atoms with Crippen molar-refractivity contribution >= 4 is 52.0 Å². The Hall–Kier alpha value is -4.68. The minimum absolute atomic E-state index is 0.222. The van der Waals surface area contributed by atoms with E-state index >= 15 is 0 Å². The van der Waals surface area contributed by atoms with Crippen molar-refractivity contribution < 1.29 is 42.6 Å². The van der Waals surface area contributed by atoms with Crippen LogP contribution in [0.15, 0.2) is 65.1 Å². The second-order valence-electron chi connectivity index (χ2n) is 11.4. The Morgan fingerprint density at radius 3 is 2.46 bits per heavy atom. The highest BCUT2D eigenvalue weighted by molar-refractivity contribution is 7.99. The number of amides is 1. The SMILES string of the molecule is CNC(=O)c1c(-c2ccc(F)cc2)oc2cc(N(CCOCCCCOc3cccc(C(=O)CC(=O)C(=O)O)c3)SC)c(C3CC3)cc12. The van der Waals surface area contributed by atoms with E-state index < -0.39 is 24.0 Å². The van der Waals surface area contributed by atoms with Crippen LogP contribution in [0.3, 0.4) is 0 Å². The Morgan fingerprint density at radius 2 is 1.77 bits per heavy atom. The van der Waals surface area contributed by atoms with E-state index in [-0.39, 0.29) is 17.3 Å². The van der Waals surface area contributed by atoms with Crippen LogP contribution in [0.25, 0.3) is 22.3 Å². The summed E-state index contributed by atoms with van der Waals surface area (Å²) in [7, 11) is 1.58. The standard InChI is InChI=1S/C36H37FN2O8S/c1-38-35(42)33-28-19-27(22-8-9-22)29(20-32(28)47-34(33)23-10-12-25(37)13-11-23)39(48-2)14-17-45-15-3-4-16-46-26-7-5-6-24(18-26)30(40)21-31(41)36(43)44/h5-7,10-13,18-20,22H,3-4,8-9,14-17,21H2,1-2H3,(H,38,42)(H,43,44). The number of anilines is 1. The van der Waals surface area contributed by atoms with Gasteiger partial charge in [0.05, 0.1) is 37.4 Å². The zero-order valence-electron chi connectivity index (χ0n) is 26.8. The average Bonchev–Trinajstić information content (AvgIpc) is 3.87. The molecule has 4 aromatic rings. The van der Waals surface area contributed by atoms with Crippen LogP contribution in [0.5, 0.6) is 5.75 Å². The molecule has 48 heavy (non-hydrogen) atoms. The molecule has 1 fully saturated rings. The minimum atomic E-state index is -1.63. The molecule has 1 aliphatic rings. The number of aliphatic carboxylic acids is 1. The lowest BCUT2D eigenvalue weighted by atomic mass is 10.0. The lowest BCUT2D eigenvalue weighted by molar-refractivity contribution is -0.148. The molecule has 1 aromatic heterocycles. The number of ether oxygens (including phenoxy) is 2. The number of hydrogen-bond donors (Lipinski definition) is 2. The number of hydrogen-bond acceptors (Lipinski definition) is 9. The van der Waals surface area contributed by atoms with E-state index in [1.165, 1.54) is 24.3 Å². The largest absolute Gasteiger partial charge is 0.494 e. The van der Waals surface area contributed by atoms with Gasteiger partial charge in [0, 0.05) is 42.5 Å². The maximum Gasteiger partial charge on any atom is 0.372 e. The number of halogens is 1. The second-order valence-corrected chi connectivity index (χ2v) is 12.2. The fourth-order valence-electron chi connectivity index (χ4n) is 5.38. The summed E-state index contributed by atoms with van der Waals surface area (Å²) in [6.07, 6.45) is 4.93. The number of Topliss-reactive ketones (excluding diaryl/α,β-unsaturated/α-hetero) is 2. The Morgan fingerprint density at radius 1 is 1.02 bits per heavy atom. The minimum Gasteiger partial charge on any atom is -0.494 e. The molecule has 0 aliphatic heterocycles. The summed E-state index contributed by atoms with van der Waals surface area (Å²) in [6.45, 7) is 2.05. The number of ketones is 2. The van der Waals surface area contributed by atoms with Gasteiger partial charge in [-0.25, -0.2) is 9.18 Å². The van der Waals surface area contributed by atoms with Crippen LogP contribution >= 0.6 is 11.9 Å². The molecule has 1 amide bonds. The maximum atomic E-state index is 13.6. The van der Waals surface area contributed by atoms with Gasteiger partial charge in [-0.15, -0.1) is 0 Å². The molecule has 0 radical (unpaired) electrons. The van der Waals surface area contributed by atoms with E-state index in [2.05, 4.69) is 15.7 Å². The van der Waals surface area contributed by atoms with Gasteiger partial charge in [0.25, 0.3) is 5.91 Å². The van der Waals surface area contributed by atoms with E-state index in [1.54, 1.807) is 43.3 Å². The predicted molar refractivity (Wildman–Crippen MR) is 181 cm³/mol. The molecule has 2 N–H and O–H groups in total. The van der Waals surface area contributed by atoms with Gasteiger partial charge in [0.15, 0.2) is 5.78 Å². The van der Waals surface area contributed by atoms with Crippen molar-refractivity contribution in [1.82, 2.24) is 5.32 Å². The van der Waals surface area contributed by atoms with Gasteiger partial charge >= 0.3 is 5.97 Å². The molecule has 5 rings (SSSR count). The third-order valence-electron chi connectivity index (χ3n) is 8.01. The zero-order chi connectivity index (χ0) is 34.2. The Kier molecular flexibility index (Phi) is 11.5. The number of carboxylic acids is 1. The van der Waals surface area contributed by atoms with E-state index in [9.17, 15) is 23.6 Å². The zero-order valence-corrected chi connectivity index (χ0v) is 27.6. The molecule has 0 spiro atoms. The van der Waals surface area contributed by atoms with Gasteiger partial charge < -0.3 is 28.6 Å². The smallest absolute Gasteiger partial charge is 0.372 e. The van der Waals surface area contributed by atoms with Crippen LogP contribution in [-0.2, 0) is 14.3 Å². The Labute approximate surface area is 281 Å². The molecule has 3 aromatic carbocycles. The van der Waals surface area contributed by atoms with Crippen molar-refractivity contribution in [3.63, 3.8) is 0 Å². The number of carboxylic acid groups (broad SMARTS) is 1. The molecule has 1 saturated carbocycles. The lowest BCUT2D eigenvalue weighted by Crippen LogP contribution is -2.21.